The number of carboxylic acid groups (broad SMARTS) is 1. The average molecular weight is 251 g/mol. The summed E-state index contributed by atoms with van der Waals surface area (Å²) in [6, 6.07) is 1.17. The maximum atomic E-state index is 11.3. The van der Waals surface area contributed by atoms with Crippen molar-refractivity contribution in [2.24, 2.45) is 5.92 Å². The number of rotatable bonds is 4. The lowest BCUT2D eigenvalue weighted by Crippen LogP contribution is -2.39. The van der Waals surface area contributed by atoms with Crippen LogP contribution in [0.3, 0.4) is 0 Å². The lowest BCUT2D eigenvalue weighted by Gasteiger charge is -2.24. The molecule has 1 aliphatic rings. The summed E-state index contributed by atoms with van der Waals surface area (Å²) in [4.78, 5) is 21.2. The van der Waals surface area contributed by atoms with Gasteiger partial charge in [-0.3, -0.25) is 0 Å². The Kier molecular flexibility index (Phi) is 3.64. The number of hydrogen-bond acceptors (Lipinski definition) is 5. The predicted octanol–water partition coefficient (Wildman–Crippen LogP) is 1.17. The summed E-state index contributed by atoms with van der Waals surface area (Å²) in [5.41, 5.74) is 0. The first kappa shape index (κ1) is 12.6. The molecule has 1 saturated heterocycles. The summed E-state index contributed by atoms with van der Waals surface area (Å²) in [6.07, 6.45) is 2.26. The van der Waals surface area contributed by atoms with Gasteiger partial charge in [-0.2, -0.15) is 0 Å². The van der Waals surface area contributed by atoms with Crippen molar-refractivity contribution in [3.63, 3.8) is 0 Å². The molecule has 0 aliphatic carbocycles. The zero-order valence-electron chi connectivity index (χ0n) is 10.5. The van der Waals surface area contributed by atoms with E-state index in [1.807, 2.05) is 13.8 Å². The zero-order valence-corrected chi connectivity index (χ0v) is 10.5. The van der Waals surface area contributed by atoms with Crippen LogP contribution < -0.4 is 9.64 Å². The molecule has 0 radical (unpaired) electrons. The minimum absolute atomic E-state index is 0.119. The summed E-state index contributed by atoms with van der Waals surface area (Å²) in [6.45, 7) is 5.04. The van der Waals surface area contributed by atoms with Crippen molar-refractivity contribution in [3.8, 4) is 5.88 Å². The van der Waals surface area contributed by atoms with Gasteiger partial charge in [0.2, 0.25) is 5.88 Å². The lowest BCUT2D eigenvalue weighted by atomic mass is 10.0. The van der Waals surface area contributed by atoms with Crippen LogP contribution in [0.4, 0.5) is 5.82 Å². The van der Waals surface area contributed by atoms with Crippen LogP contribution in [0.2, 0.25) is 0 Å². The van der Waals surface area contributed by atoms with Crippen LogP contribution >= 0.6 is 0 Å². The van der Waals surface area contributed by atoms with E-state index < -0.39 is 12.0 Å². The van der Waals surface area contributed by atoms with Gasteiger partial charge in [-0.25, -0.2) is 14.8 Å². The fraction of sp³-hybridized carbons (Fsp3) is 0.583. The molecule has 18 heavy (non-hydrogen) atoms. The van der Waals surface area contributed by atoms with E-state index in [0.717, 1.165) is 6.42 Å². The van der Waals surface area contributed by atoms with Crippen molar-refractivity contribution < 1.29 is 14.6 Å². The van der Waals surface area contributed by atoms with Crippen molar-refractivity contribution in [1.29, 1.82) is 0 Å². The van der Waals surface area contributed by atoms with E-state index >= 15 is 0 Å². The predicted molar refractivity (Wildman–Crippen MR) is 65.8 cm³/mol. The minimum Gasteiger partial charge on any atom is -0.480 e. The molecule has 0 saturated carbocycles. The van der Waals surface area contributed by atoms with Gasteiger partial charge < -0.3 is 14.7 Å². The van der Waals surface area contributed by atoms with Crippen molar-refractivity contribution in [2.45, 2.75) is 26.3 Å². The van der Waals surface area contributed by atoms with E-state index in [1.165, 1.54) is 6.33 Å². The number of anilines is 1. The Morgan fingerprint density at radius 2 is 2.39 bits per heavy atom. The molecule has 2 rings (SSSR count). The smallest absolute Gasteiger partial charge is 0.326 e. The number of carbonyl (C=O) groups is 1. The maximum absolute atomic E-state index is 11.3. The van der Waals surface area contributed by atoms with Crippen molar-refractivity contribution in [1.82, 2.24) is 9.97 Å². The Bertz CT molecular complexity index is 438. The molecular formula is C12H17N3O3. The first-order chi connectivity index (χ1) is 8.63. The number of aliphatic carboxylic acids is 1. The fourth-order valence-corrected chi connectivity index (χ4v) is 2.29. The first-order valence-electron chi connectivity index (χ1n) is 6.07. The van der Waals surface area contributed by atoms with Gasteiger partial charge >= 0.3 is 5.97 Å². The van der Waals surface area contributed by atoms with E-state index in [0.29, 0.717) is 24.8 Å². The highest BCUT2D eigenvalue weighted by atomic mass is 16.5. The van der Waals surface area contributed by atoms with Crippen LogP contribution in [0, 0.1) is 5.92 Å². The Morgan fingerprint density at radius 3 is 3.06 bits per heavy atom. The Morgan fingerprint density at radius 1 is 1.61 bits per heavy atom. The zero-order chi connectivity index (χ0) is 13.1. The highest BCUT2D eigenvalue weighted by Gasteiger charge is 2.37. The van der Waals surface area contributed by atoms with Gasteiger partial charge in [0.25, 0.3) is 0 Å². The second-order valence-corrected chi connectivity index (χ2v) is 4.39. The van der Waals surface area contributed by atoms with E-state index in [9.17, 15) is 9.90 Å². The SMILES string of the molecule is CCOc1cc(N2CCC(C)C2C(=O)O)ncn1. The van der Waals surface area contributed by atoms with Gasteiger partial charge in [-0.15, -0.1) is 0 Å². The maximum Gasteiger partial charge on any atom is 0.326 e. The molecule has 0 amide bonds. The number of ether oxygens (including phenoxy) is 1. The second-order valence-electron chi connectivity index (χ2n) is 4.39. The van der Waals surface area contributed by atoms with E-state index in [2.05, 4.69) is 9.97 Å². The molecule has 1 fully saturated rings. The lowest BCUT2D eigenvalue weighted by molar-refractivity contribution is -0.139. The summed E-state index contributed by atoms with van der Waals surface area (Å²) < 4.78 is 5.30. The van der Waals surface area contributed by atoms with Gasteiger partial charge in [0.15, 0.2) is 0 Å². The Labute approximate surface area is 106 Å². The quantitative estimate of drug-likeness (QED) is 0.865. The van der Waals surface area contributed by atoms with E-state index in [4.69, 9.17) is 4.74 Å². The molecule has 0 aromatic carbocycles. The van der Waals surface area contributed by atoms with E-state index in [1.54, 1.807) is 11.0 Å². The van der Waals surface area contributed by atoms with Crippen LogP contribution in [0.1, 0.15) is 20.3 Å². The van der Waals surface area contributed by atoms with Crippen LogP contribution in [-0.2, 0) is 4.79 Å². The van der Waals surface area contributed by atoms with Crippen LogP contribution in [0.15, 0.2) is 12.4 Å². The number of aromatic nitrogens is 2. The second kappa shape index (κ2) is 5.20. The van der Waals surface area contributed by atoms with Crippen molar-refractivity contribution >= 4 is 11.8 Å². The molecule has 1 aromatic heterocycles. The van der Waals surface area contributed by atoms with Crippen molar-refractivity contribution in [2.75, 3.05) is 18.1 Å². The standard InChI is InChI=1S/C12H17N3O3/c1-3-18-10-6-9(13-7-14-10)15-5-4-8(2)11(15)12(16)17/h6-8,11H,3-5H2,1-2H3,(H,16,17). The molecule has 2 heterocycles. The van der Waals surface area contributed by atoms with Gasteiger partial charge in [-0.1, -0.05) is 6.92 Å². The molecule has 1 N–H and O–H groups in total. The normalized spacial score (nSPS) is 23.1. The molecular weight excluding hydrogens is 234 g/mol. The topological polar surface area (TPSA) is 75.5 Å². The molecule has 6 heteroatoms. The Balaban J connectivity index is 2.25. The average Bonchev–Trinajstić information content (AvgIpc) is 2.72. The molecule has 2 atom stereocenters. The highest BCUT2D eigenvalue weighted by molar-refractivity contribution is 5.79. The minimum atomic E-state index is -0.809. The molecule has 2 unspecified atom stereocenters. The molecule has 98 valence electrons. The molecule has 6 nitrogen and oxygen atoms in total. The van der Waals surface area contributed by atoms with Crippen LogP contribution in [0.25, 0.3) is 0 Å². The van der Waals surface area contributed by atoms with Gasteiger partial charge in [0, 0.05) is 12.6 Å². The molecule has 1 aliphatic heterocycles. The Hall–Kier alpha value is -1.85. The third-order valence-corrected chi connectivity index (χ3v) is 3.17. The fourth-order valence-electron chi connectivity index (χ4n) is 2.29. The largest absolute Gasteiger partial charge is 0.480 e. The summed E-state index contributed by atoms with van der Waals surface area (Å²) in [5.74, 6) is 0.404. The van der Waals surface area contributed by atoms with Crippen molar-refractivity contribution in [3.05, 3.63) is 12.4 Å². The molecule has 0 bridgehead atoms. The summed E-state index contributed by atoms with van der Waals surface area (Å²) >= 11 is 0. The highest BCUT2D eigenvalue weighted by Crippen LogP contribution is 2.29. The summed E-state index contributed by atoms with van der Waals surface area (Å²) in [5, 5.41) is 9.27. The van der Waals surface area contributed by atoms with Crippen LogP contribution in [0.5, 0.6) is 5.88 Å². The molecule has 1 aromatic rings. The summed E-state index contributed by atoms with van der Waals surface area (Å²) in [7, 11) is 0. The van der Waals surface area contributed by atoms with Gasteiger partial charge in [0.1, 0.15) is 18.2 Å². The third kappa shape index (κ3) is 2.37. The van der Waals surface area contributed by atoms with Gasteiger partial charge in [0.05, 0.1) is 6.61 Å². The monoisotopic (exact) mass is 251 g/mol. The number of carboxylic acids is 1. The molecule has 0 spiro atoms. The van der Waals surface area contributed by atoms with Gasteiger partial charge in [-0.05, 0) is 19.3 Å². The number of nitrogens with zero attached hydrogens (tertiary/aromatic N) is 3. The van der Waals surface area contributed by atoms with E-state index in [-0.39, 0.29) is 5.92 Å². The number of hydrogen-bond donors (Lipinski definition) is 1. The first-order valence-corrected chi connectivity index (χ1v) is 6.07. The van der Waals surface area contributed by atoms with Crippen LogP contribution in [-0.4, -0.2) is 40.2 Å². The third-order valence-electron chi connectivity index (χ3n) is 3.17.